The first kappa shape index (κ1) is 14.6. The van der Waals surface area contributed by atoms with Gasteiger partial charge < -0.3 is 0 Å². The van der Waals surface area contributed by atoms with Crippen molar-refractivity contribution >= 4 is 47.6 Å². The van der Waals surface area contributed by atoms with Crippen molar-refractivity contribution in [3.05, 3.63) is 57.0 Å². The average molecular weight is 405 g/mol. The Morgan fingerprint density at radius 2 is 1.53 bits per heavy atom. The van der Waals surface area contributed by atoms with Crippen LogP contribution in [0.3, 0.4) is 0 Å². The van der Waals surface area contributed by atoms with Gasteiger partial charge in [-0.05, 0) is 55.0 Å². The maximum atomic E-state index is 12.2. The smallest absolute Gasteiger partial charge is 0.261 e. The first-order valence-electron chi connectivity index (χ1n) is 5.43. The summed E-state index contributed by atoms with van der Waals surface area (Å²) in [5.74, 6) is 0. The van der Waals surface area contributed by atoms with Gasteiger partial charge in [-0.1, -0.05) is 31.9 Å². The van der Waals surface area contributed by atoms with Crippen molar-refractivity contribution in [1.82, 2.24) is 0 Å². The van der Waals surface area contributed by atoms with E-state index in [0.29, 0.717) is 5.69 Å². The number of nitrogens with one attached hydrogen (secondary N) is 1. The molecule has 0 bridgehead atoms. The van der Waals surface area contributed by atoms with Gasteiger partial charge in [0, 0.05) is 8.95 Å². The summed E-state index contributed by atoms with van der Waals surface area (Å²) in [4.78, 5) is 0.234. The summed E-state index contributed by atoms with van der Waals surface area (Å²) in [5.41, 5.74) is 1.43. The molecule has 0 saturated heterocycles. The Kier molecular flexibility index (Phi) is 4.32. The zero-order chi connectivity index (χ0) is 14.0. The normalized spacial score (nSPS) is 11.3. The second-order valence-corrected chi connectivity index (χ2v) is 7.53. The molecule has 0 fully saturated rings. The first-order chi connectivity index (χ1) is 8.88. The fourth-order valence-corrected chi connectivity index (χ4v) is 3.43. The highest BCUT2D eigenvalue weighted by atomic mass is 79.9. The Hall–Kier alpha value is -0.850. The molecular formula is C13H11Br2NO2S. The van der Waals surface area contributed by atoms with Crippen molar-refractivity contribution in [1.29, 1.82) is 0 Å². The number of hydrogen-bond donors (Lipinski definition) is 1. The van der Waals surface area contributed by atoms with Crippen LogP contribution in [-0.4, -0.2) is 8.42 Å². The highest BCUT2D eigenvalue weighted by Gasteiger charge is 2.14. The van der Waals surface area contributed by atoms with Gasteiger partial charge in [0.15, 0.2) is 0 Å². The SMILES string of the molecule is Cc1cc(Br)ccc1NS(=O)(=O)c1ccc(Br)cc1. The van der Waals surface area contributed by atoms with E-state index < -0.39 is 10.0 Å². The lowest BCUT2D eigenvalue weighted by molar-refractivity contribution is 0.601. The molecule has 0 unspecified atom stereocenters. The third-order valence-corrected chi connectivity index (χ3v) is 4.96. The molecule has 6 heteroatoms. The molecule has 100 valence electrons. The summed E-state index contributed by atoms with van der Waals surface area (Å²) in [6.45, 7) is 1.85. The molecule has 0 aliphatic heterocycles. The van der Waals surface area contributed by atoms with Crippen molar-refractivity contribution in [2.75, 3.05) is 4.72 Å². The van der Waals surface area contributed by atoms with E-state index in [1.54, 1.807) is 36.4 Å². The van der Waals surface area contributed by atoms with Crippen LogP contribution in [0.1, 0.15) is 5.56 Å². The molecule has 0 spiro atoms. The zero-order valence-corrected chi connectivity index (χ0v) is 14.0. The molecule has 0 aromatic heterocycles. The molecule has 2 rings (SSSR count). The summed E-state index contributed by atoms with van der Waals surface area (Å²) in [6, 6.07) is 11.9. The maximum Gasteiger partial charge on any atom is 0.261 e. The van der Waals surface area contributed by atoms with Crippen LogP contribution in [0, 0.1) is 6.92 Å². The van der Waals surface area contributed by atoms with Crippen LogP contribution in [0.2, 0.25) is 0 Å². The monoisotopic (exact) mass is 403 g/mol. The molecule has 0 saturated carbocycles. The fraction of sp³-hybridized carbons (Fsp3) is 0.0769. The molecule has 0 aliphatic rings. The van der Waals surface area contributed by atoms with E-state index in [2.05, 4.69) is 36.6 Å². The van der Waals surface area contributed by atoms with Gasteiger partial charge in [0.25, 0.3) is 10.0 Å². The minimum atomic E-state index is -3.55. The third-order valence-electron chi connectivity index (χ3n) is 2.56. The fourth-order valence-electron chi connectivity index (χ4n) is 1.56. The Morgan fingerprint density at radius 1 is 0.947 bits per heavy atom. The van der Waals surface area contributed by atoms with E-state index >= 15 is 0 Å². The molecule has 2 aromatic rings. The number of hydrogen-bond acceptors (Lipinski definition) is 2. The van der Waals surface area contributed by atoms with Crippen LogP contribution in [0.4, 0.5) is 5.69 Å². The van der Waals surface area contributed by atoms with Crippen LogP contribution in [0.5, 0.6) is 0 Å². The van der Waals surface area contributed by atoms with Gasteiger partial charge in [-0.15, -0.1) is 0 Å². The van der Waals surface area contributed by atoms with E-state index in [1.165, 1.54) is 0 Å². The van der Waals surface area contributed by atoms with Crippen molar-refractivity contribution in [3.8, 4) is 0 Å². The quantitative estimate of drug-likeness (QED) is 0.827. The number of aryl methyl sites for hydroxylation is 1. The Bertz CT molecular complexity index is 697. The van der Waals surface area contributed by atoms with E-state index in [4.69, 9.17) is 0 Å². The average Bonchev–Trinajstić information content (AvgIpc) is 2.33. The van der Waals surface area contributed by atoms with Crippen LogP contribution < -0.4 is 4.72 Å². The number of sulfonamides is 1. The summed E-state index contributed by atoms with van der Waals surface area (Å²) in [5, 5.41) is 0. The molecule has 19 heavy (non-hydrogen) atoms. The van der Waals surface area contributed by atoms with Crippen LogP contribution >= 0.6 is 31.9 Å². The Balaban J connectivity index is 2.33. The second-order valence-electron chi connectivity index (χ2n) is 4.02. The molecule has 0 amide bonds. The largest absolute Gasteiger partial charge is 0.279 e. The van der Waals surface area contributed by atoms with Crippen LogP contribution in [-0.2, 0) is 10.0 Å². The molecule has 2 aromatic carbocycles. The summed E-state index contributed by atoms with van der Waals surface area (Å²) < 4.78 is 28.8. The van der Waals surface area contributed by atoms with Gasteiger partial charge in [-0.3, -0.25) is 4.72 Å². The molecule has 0 radical (unpaired) electrons. The molecular weight excluding hydrogens is 394 g/mol. The first-order valence-corrected chi connectivity index (χ1v) is 8.50. The van der Waals surface area contributed by atoms with Crippen LogP contribution in [0.15, 0.2) is 56.3 Å². The minimum Gasteiger partial charge on any atom is -0.279 e. The highest BCUT2D eigenvalue weighted by molar-refractivity contribution is 9.10. The second kappa shape index (κ2) is 5.64. The van der Waals surface area contributed by atoms with E-state index in [0.717, 1.165) is 14.5 Å². The van der Waals surface area contributed by atoms with Crippen molar-refractivity contribution in [2.45, 2.75) is 11.8 Å². The predicted molar refractivity (Wildman–Crippen MR) is 83.8 cm³/mol. The van der Waals surface area contributed by atoms with Crippen molar-refractivity contribution < 1.29 is 8.42 Å². The van der Waals surface area contributed by atoms with Crippen molar-refractivity contribution in [3.63, 3.8) is 0 Å². The lowest BCUT2D eigenvalue weighted by Crippen LogP contribution is -2.13. The Morgan fingerprint density at radius 3 is 2.11 bits per heavy atom. The van der Waals surface area contributed by atoms with Crippen molar-refractivity contribution in [2.24, 2.45) is 0 Å². The van der Waals surface area contributed by atoms with Gasteiger partial charge in [-0.2, -0.15) is 0 Å². The molecule has 0 atom stereocenters. The third kappa shape index (κ3) is 3.58. The van der Waals surface area contributed by atoms with Gasteiger partial charge in [-0.25, -0.2) is 8.42 Å². The van der Waals surface area contributed by atoms with E-state index in [1.807, 2.05) is 13.0 Å². The maximum absolute atomic E-state index is 12.2. The number of halogens is 2. The number of benzene rings is 2. The number of rotatable bonds is 3. The molecule has 0 aliphatic carbocycles. The summed E-state index contributed by atoms with van der Waals surface area (Å²) in [7, 11) is -3.55. The molecule has 1 N–H and O–H groups in total. The van der Waals surface area contributed by atoms with Gasteiger partial charge in [0.1, 0.15) is 0 Å². The number of anilines is 1. The molecule has 0 heterocycles. The van der Waals surface area contributed by atoms with Gasteiger partial charge in [0.2, 0.25) is 0 Å². The molecule has 3 nitrogen and oxygen atoms in total. The summed E-state index contributed by atoms with van der Waals surface area (Å²) >= 11 is 6.62. The van der Waals surface area contributed by atoms with E-state index in [-0.39, 0.29) is 4.90 Å². The Labute approximate surface area is 129 Å². The zero-order valence-electron chi connectivity index (χ0n) is 10.0. The standard InChI is InChI=1S/C13H11Br2NO2S/c1-9-8-11(15)4-7-13(9)16-19(17,18)12-5-2-10(14)3-6-12/h2-8,16H,1H3. The highest BCUT2D eigenvalue weighted by Crippen LogP contribution is 2.23. The summed E-state index contributed by atoms with van der Waals surface area (Å²) in [6.07, 6.45) is 0. The minimum absolute atomic E-state index is 0.234. The lowest BCUT2D eigenvalue weighted by Gasteiger charge is -2.11. The van der Waals surface area contributed by atoms with Gasteiger partial charge in [0.05, 0.1) is 10.6 Å². The van der Waals surface area contributed by atoms with Gasteiger partial charge >= 0.3 is 0 Å². The predicted octanol–water partition coefficient (Wildman–Crippen LogP) is 4.32. The van der Waals surface area contributed by atoms with E-state index in [9.17, 15) is 8.42 Å². The van der Waals surface area contributed by atoms with Crippen LogP contribution in [0.25, 0.3) is 0 Å². The topological polar surface area (TPSA) is 46.2 Å². The lowest BCUT2D eigenvalue weighted by atomic mass is 10.2.